The minimum Gasteiger partial charge on any atom is -0.508 e. The minimum atomic E-state index is -0.213. The second-order valence-electron chi connectivity index (χ2n) is 9.41. The largest absolute Gasteiger partial charge is 0.508 e. The second kappa shape index (κ2) is 5.65. The Bertz CT molecular complexity index is 688. The summed E-state index contributed by atoms with van der Waals surface area (Å²) in [5.41, 5.74) is 1.55. The first-order chi connectivity index (χ1) is 11.5. The molecule has 1 heterocycles. The third kappa shape index (κ3) is 3.00. The maximum absolute atomic E-state index is 12.2. The van der Waals surface area contributed by atoms with Crippen LogP contribution in [0.1, 0.15) is 70.9 Å². The molecule has 138 valence electrons. The summed E-state index contributed by atoms with van der Waals surface area (Å²) in [7, 11) is 0. The van der Waals surface area contributed by atoms with Crippen molar-refractivity contribution in [2.45, 2.75) is 77.7 Å². The third-order valence-electron chi connectivity index (χ3n) is 6.78. The molecule has 3 atom stereocenters. The molecule has 0 unspecified atom stereocenters. The quantitative estimate of drug-likeness (QED) is 0.716. The van der Waals surface area contributed by atoms with Gasteiger partial charge in [0.2, 0.25) is 5.91 Å². The monoisotopic (exact) mass is 345 g/mol. The van der Waals surface area contributed by atoms with Gasteiger partial charge in [0.1, 0.15) is 11.5 Å². The number of rotatable bonds is 1. The van der Waals surface area contributed by atoms with E-state index in [0.29, 0.717) is 12.3 Å². The number of hydrogen-bond donors (Lipinski definition) is 3. The van der Waals surface area contributed by atoms with Crippen LogP contribution in [-0.2, 0) is 10.2 Å². The average Bonchev–Trinajstić information content (AvgIpc) is 2.50. The van der Waals surface area contributed by atoms with Gasteiger partial charge in [0.25, 0.3) is 0 Å². The van der Waals surface area contributed by atoms with Crippen molar-refractivity contribution in [3.8, 4) is 11.5 Å². The fourth-order valence-corrected chi connectivity index (χ4v) is 6.07. The van der Waals surface area contributed by atoms with Crippen LogP contribution in [0, 0.1) is 18.3 Å². The Hall–Kier alpha value is -1.71. The highest BCUT2D eigenvalue weighted by Crippen LogP contribution is 2.58. The van der Waals surface area contributed by atoms with E-state index in [0.717, 1.165) is 36.8 Å². The number of benzene rings is 1. The highest BCUT2D eigenvalue weighted by atomic mass is 16.3. The summed E-state index contributed by atoms with van der Waals surface area (Å²) in [4.78, 5) is 12.2. The molecule has 1 aromatic carbocycles. The highest BCUT2D eigenvalue weighted by molar-refractivity contribution is 5.77. The van der Waals surface area contributed by atoms with E-state index in [-0.39, 0.29) is 33.8 Å². The molecule has 1 aliphatic heterocycles. The number of carbonyl (C=O) groups is 1. The molecule has 2 fully saturated rings. The fourth-order valence-electron chi connectivity index (χ4n) is 6.07. The summed E-state index contributed by atoms with van der Waals surface area (Å²) >= 11 is 0. The van der Waals surface area contributed by atoms with Crippen molar-refractivity contribution < 1.29 is 15.0 Å². The molecule has 2 aliphatic rings. The zero-order valence-electron chi connectivity index (χ0n) is 16.1. The Morgan fingerprint density at radius 1 is 1.12 bits per heavy atom. The van der Waals surface area contributed by atoms with Gasteiger partial charge in [-0.2, -0.15) is 0 Å². The summed E-state index contributed by atoms with van der Waals surface area (Å²) in [6.07, 6.45) is 4.35. The number of aromatic hydroxyl groups is 2. The van der Waals surface area contributed by atoms with Crippen LogP contribution >= 0.6 is 0 Å². The number of carbonyl (C=O) groups excluding carboxylic acids is 1. The lowest BCUT2D eigenvalue weighted by molar-refractivity contribution is -0.122. The first-order valence-corrected chi connectivity index (χ1v) is 9.31. The second-order valence-corrected chi connectivity index (χ2v) is 9.41. The van der Waals surface area contributed by atoms with Crippen LogP contribution < -0.4 is 5.32 Å². The molecule has 0 aromatic heterocycles. The molecule has 25 heavy (non-hydrogen) atoms. The van der Waals surface area contributed by atoms with Crippen molar-refractivity contribution in [1.82, 2.24) is 5.32 Å². The number of fused-ring (bicyclic) bond motifs is 1. The lowest BCUT2D eigenvalue weighted by atomic mass is 9.52. The van der Waals surface area contributed by atoms with Gasteiger partial charge in [-0.05, 0) is 74.8 Å². The number of phenolic OH excluding ortho intramolecular Hbond substituents is 2. The van der Waals surface area contributed by atoms with Crippen LogP contribution in [0.4, 0.5) is 0 Å². The Morgan fingerprint density at radius 3 is 2.44 bits per heavy atom. The number of amides is 1. The third-order valence-corrected chi connectivity index (χ3v) is 6.78. The van der Waals surface area contributed by atoms with E-state index in [4.69, 9.17) is 0 Å². The number of aryl methyl sites for hydroxylation is 1. The van der Waals surface area contributed by atoms with Crippen LogP contribution in [0.3, 0.4) is 0 Å². The zero-order chi connectivity index (χ0) is 18.6. The SMILES string of the molecule is Cc1cc(O)cc(O)c1[C@@]1(C)CC[C@@H]2C(C)(C)NC(=O)CC[C@@]2(C)C1. The predicted molar refractivity (Wildman–Crippen MR) is 98.8 cm³/mol. The smallest absolute Gasteiger partial charge is 0.220 e. The van der Waals surface area contributed by atoms with Gasteiger partial charge in [-0.25, -0.2) is 0 Å². The summed E-state index contributed by atoms with van der Waals surface area (Å²) in [5.74, 6) is 0.849. The standard InChI is InChI=1S/C21H31NO3/c1-13-10-14(23)11-15(24)18(13)21(5)8-6-16-19(2,3)22-17(25)7-9-20(16,4)12-21/h10-11,16,23-24H,6-9,12H2,1-5H3,(H,22,25)/t16-,20+,21+/m1/s1. The highest BCUT2D eigenvalue weighted by Gasteiger charge is 2.53. The van der Waals surface area contributed by atoms with E-state index in [9.17, 15) is 15.0 Å². The molecule has 4 heteroatoms. The first kappa shape index (κ1) is 18.1. The lowest BCUT2D eigenvalue weighted by Crippen LogP contribution is -2.55. The normalized spacial score (nSPS) is 34.8. The molecule has 0 radical (unpaired) electrons. The van der Waals surface area contributed by atoms with Gasteiger partial charge in [-0.1, -0.05) is 13.8 Å². The topological polar surface area (TPSA) is 69.6 Å². The first-order valence-electron chi connectivity index (χ1n) is 9.31. The van der Waals surface area contributed by atoms with Gasteiger partial charge in [0, 0.05) is 23.6 Å². The van der Waals surface area contributed by atoms with E-state index in [1.165, 1.54) is 6.07 Å². The number of hydrogen-bond acceptors (Lipinski definition) is 3. The molecule has 3 rings (SSSR count). The Morgan fingerprint density at radius 2 is 1.80 bits per heavy atom. The van der Waals surface area contributed by atoms with E-state index in [2.05, 4.69) is 33.0 Å². The minimum absolute atomic E-state index is 0.0342. The molecule has 1 aliphatic carbocycles. The van der Waals surface area contributed by atoms with Crippen LogP contribution in [0.5, 0.6) is 11.5 Å². The molecule has 0 spiro atoms. The fraction of sp³-hybridized carbons (Fsp3) is 0.667. The molecule has 1 saturated heterocycles. The maximum atomic E-state index is 12.2. The average molecular weight is 345 g/mol. The van der Waals surface area contributed by atoms with Gasteiger partial charge in [-0.15, -0.1) is 0 Å². The maximum Gasteiger partial charge on any atom is 0.220 e. The molecule has 1 aromatic rings. The lowest BCUT2D eigenvalue weighted by Gasteiger charge is -2.54. The molecule has 4 nitrogen and oxygen atoms in total. The number of phenols is 2. The molecule has 1 saturated carbocycles. The molecular weight excluding hydrogens is 314 g/mol. The van der Waals surface area contributed by atoms with Crippen molar-refractivity contribution >= 4 is 5.91 Å². The van der Waals surface area contributed by atoms with E-state index in [1.807, 2.05) is 6.92 Å². The summed E-state index contributed by atoms with van der Waals surface area (Å²) in [6.45, 7) is 10.8. The molecule has 0 bridgehead atoms. The van der Waals surface area contributed by atoms with Crippen LogP contribution in [-0.4, -0.2) is 21.7 Å². The van der Waals surface area contributed by atoms with Crippen LogP contribution in [0.15, 0.2) is 12.1 Å². The van der Waals surface area contributed by atoms with Crippen molar-refractivity contribution in [1.29, 1.82) is 0 Å². The number of nitrogens with one attached hydrogen (secondary N) is 1. The molecule has 1 amide bonds. The summed E-state index contributed by atoms with van der Waals surface area (Å²) in [5, 5.41) is 23.5. The Kier molecular flexibility index (Phi) is 4.09. The van der Waals surface area contributed by atoms with E-state index in [1.54, 1.807) is 6.07 Å². The molecular formula is C21H31NO3. The Balaban J connectivity index is 2.02. The zero-order valence-corrected chi connectivity index (χ0v) is 16.1. The van der Waals surface area contributed by atoms with E-state index < -0.39 is 0 Å². The van der Waals surface area contributed by atoms with Gasteiger partial charge in [0.05, 0.1) is 0 Å². The van der Waals surface area contributed by atoms with Crippen molar-refractivity contribution in [2.24, 2.45) is 11.3 Å². The van der Waals surface area contributed by atoms with Crippen molar-refractivity contribution in [2.75, 3.05) is 0 Å². The molecule has 3 N–H and O–H groups in total. The summed E-state index contributed by atoms with van der Waals surface area (Å²) in [6, 6.07) is 3.18. The van der Waals surface area contributed by atoms with Gasteiger partial charge in [0.15, 0.2) is 0 Å². The van der Waals surface area contributed by atoms with Crippen LogP contribution in [0.2, 0.25) is 0 Å². The van der Waals surface area contributed by atoms with Crippen molar-refractivity contribution in [3.05, 3.63) is 23.3 Å². The van der Waals surface area contributed by atoms with E-state index >= 15 is 0 Å². The Labute approximate surface area is 150 Å². The van der Waals surface area contributed by atoms with Crippen LogP contribution in [0.25, 0.3) is 0 Å². The van der Waals surface area contributed by atoms with Gasteiger partial charge >= 0.3 is 0 Å². The van der Waals surface area contributed by atoms with Crippen molar-refractivity contribution in [3.63, 3.8) is 0 Å². The van der Waals surface area contributed by atoms with Gasteiger partial charge < -0.3 is 15.5 Å². The predicted octanol–water partition coefficient (Wildman–Crippen LogP) is 4.16. The summed E-state index contributed by atoms with van der Waals surface area (Å²) < 4.78 is 0. The van der Waals surface area contributed by atoms with Gasteiger partial charge in [-0.3, -0.25) is 4.79 Å².